The molecule has 0 radical (unpaired) electrons. The van der Waals surface area contributed by atoms with Crippen LogP contribution in [0, 0.1) is 25.6 Å². The predicted molar refractivity (Wildman–Crippen MR) is 117 cm³/mol. The summed E-state index contributed by atoms with van der Waals surface area (Å²) in [6.07, 6.45) is 5.17. The van der Waals surface area contributed by atoms with Crippen molar-refractivity contribution in [2.45, 2.75) is 46.0 Å². The Labute approximate surface area is 175 Å². The number of hydrogen-bond acceptors (Lipinski definition) is 3. The lowest BCUT2D eigenvalue weighted by Gasteiger charge is -2.27. The summed E-state index contributed by atoms with van der Waals surface area (Å²) >= 11 is 1.51. The van der Waals surface area contributed by atoms with Crippen LogP contribution in [0.15, 0.2) is 48.5 Å². The van der Waals surface area contributed by atoms with Crippen LogP contribution in [-0.4, -0.2) is 10.9 Å². The van der Waals surface area contributed by atoms with Gasteiger partial charge in [0.15, 0.2) is 5.13 Å². The maximum absolute atomic E-state index is 13.5. The van der Waals surface area contributed by atoms with E-state index in [1.165, 1.54) is 35.5 Å². The van der Waals surface area contributed by atoms with Gasteiger partial charge in [-0.1, -0.05) is 49.1 Å². The highest BCUT2D eigenvalue weighted by Crippen LogP contribution is 2.38. The van der Waals surface area contributed by atoms with Gasteiger partial charge in [-0.3, -0.25) is 9.69 Å². The third kappa shape index (κ3) is 4.25. The van der Waals surface area contributed by atoms with Crippen molar-refractivity contribution in [3.63, 3.8) is 0 Å². The minimum absolute atomic E-state index is 0.000772. The number of amides is 1. The molecule has 1 aromatic heterocycles. The molecule has 29 heavy (non-hydrogen) atoms. The standard InChI is InChI=1S/C24H25FN2OS/c1-16-8-10-18(11-9-16)22-17(2)29-24(26-22)27(21-14-12-20(25)13-15-21)23(28)19-6-4-3-5-7-19/h8-15,19H,3-7H2,1-2H3. The SMILES string of the molecule is Cc1ccc(-c2nc(N(C(=O)C3CCCCC3)c3ccc(F)cc3)sc2C)cc1. The number of carbonyl (C=O) groups excluding carboxylic acids is 1. The van der Waals surface area contributed by atoms with Crippen molar-refractivity contribution in [2.75, 3.05) is 4.90 Å². The fourth-order valence-electron chi connectivity index (χ4n) is 3.91. The first kappa shape index (κ1) is 19.8. The Morgan fingerprint density at radius 2 is 1.66 bits per heavy atom. The van der Waals surface area contributed by atoms with Crippen molar-refractivity contribution in [1.29, 1.82) is 0 Å². The predicted octanol–water partition coefficient (Wildman–Crippen LogP) is 6.81. The first-order valence-electron chi connectivity index (χ1n) is 10.2. The molecule has 0 atom stereocenters. The number of nitrogens with zero attached hydrogens (tertiary/aromatic N) is 2. The van der Waals surface area contributed by atoms with E-state index in [1.54, 1.807) is 17.0 Å². The fourth-order valence-corrected chi connectivity index (χ4v) is 4.87. The number of aryl methyl sites for hydroxylation is 2. The second kappa shape index (κ2) is 8.46. The summed E-state index contributed by atoms with van der Waals surface area (Å²) < 4.78 is 13.5. The van der Waals surface area contributed by atoms with Gasteiger partial charge < -0.3 is 0 Å². The number of halogens is 1. The molecule has 1 aliphatic carbocycles. The largest absolute Gasteiger partial charge is 0.274 e. The van der Waals surface area contributed by atoms with Crippen LogP contribution in [0.2, 0.25) is 0 Å². The molecule has 1 aliphatic rings. The normalized spacial score (nSPS) is 14.7. The number of anilines is 2. The number of aromatic nitrogens is 1. The minimum atomic E-state index is -0.311. The van der Waals surface area contributed by atoms with E-state index < -0.39 is 0 Å². The fraction of sp³-hybridized carbons (Fsp3) is 0.333. The van der Waals surface area contributed by atoms with E-state index in [4.69, 9.17) is 4.98 Å². The summed E-state index contributed by atoms with van der Waals surface area (Å²) in [4.78, 5) is 21.1. The van der Waals surface area contributed by atoms with Crippen molar-refractivity contribution < 1.29 is 9.18 Å². The smallest absolute Gasteiger partial charge is 0.236 e. The van der Waals surface area contributed by atoms with E-state index in [2.05, 4.69) is 31.2 Å². The van der Waals surface area contributed by atoms with Crippen molar-refractivity contribution in [3.05, 3.63) is 64.8 Å². The molecule has 0 N–H and O–H groups in total. The topological polar surface area (TPSA) is 33.2 Å². The van der Waals surface area contributed by atoms with Gasteiger partial charge in [0.1, 0.15) is 5.82 Å². The third-order valence-electron chi connectivity index (χ3n) is 5.56. The maximum atomic E-state index is 13.5. The second-order valence-electron chi connectivity index (χ2n) is 7.75. The van der Waals surface area contributed by atoms with Gasteiger partial charge in [0.05, 0.1) is 11.4 Å². The Morgan fingerprint density at radius 3 is 2.31 bits per heavy atom. The first-order valence-corrected chi connectivity index (χ1v) is 11.0. The summed E-state index contributed by atoms with van der Waals surface area (Å²) in [5.41, 5.74) is 3.81. The molecule has 5 heteroatoms. The van der Waals surface area contributed by atoms with Crippen LogP contribution in [0.25, 0.3) is 11.3 Å². The molecule has 0 saturated heterocycles. The Balaban J connectivity index is 1.74. The van der Waals surface area contributed by atoms with E-state index in [9.17, 15) is 9.18 Å². The number of carbonyl (C=O) groups is 1. The zero-order valence-electron chi connectivity index (χ0n) is 16.8. The van der Waals surface area contributed by atoms with E-state index in [0.717, 1.165) is 41.8 Å². The summed E-state index contributed by atoms with van der Waals surface area (Å²) in [6.45, 7) is 4.09. The molecule has 1 heterocycles. The molecule has 3 aromatic rings. The highest BCUT2D eigenvalue weighted by Gasteiger charge is 2.30. The lowest BCUT2D eigenvalue weighted by Crippen LogP contribution is -2.33. The Kier molecular flexibility index (Phi) is 5.76. The lowest BCUT2D eigenvalue weighted by atomic mass is 9.88. The van der Waals surface area contributed by atoms with Gasteiger partial charge in [-0.05, 0) is 51.0 Å². The summed E-state index contributed by atoms with van der Waals surface area (Å²) in [5.74, 6) is -0.240. The lowest BCUT2D eigenvalue weighted by molar-refractivity contribution is -0.122. The molecule has 1 amide bonds. The summed E-state index contributed by atoms with van der Waals surface area (Å²) in [5, 5.41) is 0.653. The Bertz CT molecular complexity index is 989. The number of rotatable bonds is 4. The number of benzene rings is 2. The molecular weight excluding hydrogens is 383 g/mol. The minimum Gasteiger partial charge on any atom is -0.274 e. The maximum Gasteiger partial charge on any atom is 0.236 e. The number of hydrogen-bond donors (Lipinski definition) is 0. The average molecular weight is 409 g/mol. The van der Waals surface area contributed by atoms with Crippen LogP contribution < -0.4 is 4.90 Å². The van der Waals surface area contributed by atoms with Crippen LogP contribution in [0.4, 0.5) is 15.2 Å². The quantitative estimate of drug-likeness (QED) is 0.475. The van der Waals surface area contributed by atoms with Crippen molar-refractivity contribution >= 4 is 28.1 Å². The average Bonchev–Trinajstić information content (AvgIpc) is 3.12. The third-order valence-corrected chi connectivity index (χ3v) is 6.52. The van der Waals surface area contributed by atoms with Crippen LogP contribution in [0.1, 0.15) is 42.5 Å². The van der Waals surface area contributed by atoms with Crippen LogP contribution in [0.5, 0.6) is 0 Å². The second-order valence-corrected chi connectivity index (χ2v) is 8.93. The molecule has 0 aliphatic heterocycles. The Morgan fingerprint density at radius 1 is 1.00 bits per heavy atom. The molecular formula is C24H25FN2OS. The first-order chi connectivity index (χ1) is 14.0. The zero-order chi connectivity index (χ0) is 20.4. The van der Waals surface area contributed by atoms with Crippen LogP contribution in [-0.2, 0) is 4.79 Å². The van der Waals surface area contributed by atoms with E-state index in [0.29, 0.717) is 10.8 Å². The van der Waals surface area contributed by atoms with Crippen molar-refractivity contribution in [3.8, 4) is 11.3 Å². The summed E-state index contributed by atoms with van der Waals surface area (Å²) in [6, 6.07) is 14.4. The molecule has 150 valence electrons. The molecule has 4 rings (SSSR count). The van der Waals surface area contributed by atoms with Gasteiger partial charge in [-0.25, -0.2) is 9.37 Å². The molecule has 3 nitrogen and oxygen atoms in total. The molecule has 0 spiro atoms. The number of thiazole rings is 1. The van der Waals surface area contributed by atoms with Gasteiger partial charge in [-0.2, -0.15) is 0 Å². The van der Waals surface area contributed by atoms with E-state index in [1.807, 2.05) is 6.92 Å². The van der Waals surface area contributed by atoms with Crippen LogP contribution in [0.3, 0.4) is 0 Å². The molecule has 1 saturated carbocycles. The molecule has 0 unspecified atom stereocenters. The zero-order valence-corrected chi connectivity index (χ0v) is 17.6. The van der Waals surface area contributed by atoms with Gasteiger partial charge in [0.25, 0.3) is 0 Å². The van der Waals surface area contributed by atoms with Crippen LogP contribution >= 0.6 is 11.3 Å². The van der Waals surface area contributed by atoms with Gasteiger partial charge in [0, 0.05) is 16.4 Å². The highest BCUT2D eigenvalue weighted by atomic mass is 32.1. The van der Waals surface area contributed by atoms with Gasteiger partial charge in [-0.15, -0.1) is 11.3 Å². The van der Waals surface area contributed by atoms with Gasteiger partial charge in [0.2, 0.25) is 5.91 Å². The summed E-state index contributed by atoms with van der Waals surface area (Å²) in [7, 11) is 0. The molecule has 1 fully saturated rings. The molecule has 2 aromatic carbocycles. The highest BCUT2D eigenvalue weighted by molar-refractivity contribution is 7.16. The van der Waals surface area contributed by atoms with E-state index >= 15 is 0 Å². The monoisotopic (exact) mass is 408 g/mol. The van der Waals surface area contributed by atoms with Crippen molar-refractivity contribution in [2.24, 2.45) is 5.92 Å². The van der Waals surface area contributed by atoms with E-state index in [-0.39, 0.29) is 17.6 Å². The Hall–Kier alpha value is -2.53. The van der Waals surface area contributed by atoms with Gasteiger partial charge >= 0.3 is 0 Å². The van der Waals surface area contributed by atoms with Crippen molar-refractivity contribution in [1.82, 2.24) is 4.98 Å². The molecule has 0 bridgehead atoms.